The largest absolute Gasteiger partial charge is 0.504 e. The van der Waals surface area contributed by atoms with Crippen molar-refractivity contribution in [3.63, 3.8) is 0 Å². The highest BCUT2D eigenvalue weighted by molar-refractivity contribution is 5.98. The zero-order valence-electron chi connectivity index (χ0n) is 11.8. The number of rotatable bonds is 4. The number of esters is 2. The Morgan fingerprint density at radius 2 is 1.86 bits per heavy atom. The van der Waals surface area contributed by atoms with Crippen LogP contribution in [0.2, 0.25) is 0 Å². The van der Waals surface area contributed by atoms with Gasteiger partial charge in [0.25, 0.3) is 0 Å². The van der Waals surface area contributed by atoms with E-state index in [0.717, 1.165) is 0 Å². The molecule has 114 valence electrons. The highest BCUT2D eigenvalue weighted by atomic mass is 16.7. The van der Waals surface area contributed by atoms with Gasteiger partial charge in [-0.05, 0) is 36.6 Å². The summed E-state index contributed by atoms with van der Waals surface area (Å²) in [7, 11) is 0. The Labute approximate surface area is 126 Å². The lowest BCUT2D eigenvalue weighted by Gasteiger charge is -2.08. The summed E-state index contributed by atoms with van der Waals surface area (Å²) in [6, 6.07) is 7.30. The molecule has 0 radical (unpaired) electrons. The lowest BCUT2D eigenvalue weighted by molar-refractivity contribution is -0.147. The van der Waals surface area contributed by atoms with E-state index in [4.69, 9.17) is 4.74 Å². The Morgan fingerprint density at radius 3 is 2.55 bits per heavy atom. The molecule has 2 aromatic rings. The van der Waals surface area contributed by atoms with Crippen LogP contribution in [0.15, 0.2) is 42.5 Å². The van der Waals surface area contributed by atoms with Crippen LogP contribution in [0, 0.1) is 0 Å². The van der Waals surface area contributed by atoms with Crippen molar-refractivity contribution in [3.05, 3.63) is 48.0 Å². The maximum atomic E-state index is 11.8. The van der Waals surface area contributed by atoms with Gasteiger partial charge in [0.1, 0.15) is 0 Å². The second kappa shape index (κ2) is 6.17. The predicted octanol–water partition coefficient (Wildman–Crippen LogP) is 2.48. The first-order chi connectivity index (χ1) is 10.4. The Bertz CT molecular complexity index is 763. The maximum absolute atomic E-state index is 11.8. The molecule has 0 spiro atoms. The van der Waals surface area contributed by atoms with Crippen LogP contribution in [0.5, 0.6) is 11.5 Å². The van der Waals surface area contributed by atoms with E-state index in [1.807, 2.05) is 0 Å². The fourth-order valence-electron chi connectivity index (χ4n) is 1.77. The average Bonchev–Trinajstić information content (AvgIpc) is 2.50. The maximum Gasteiger partial charge on any atom is 0.341 e. The summed E-state index contributed by atoms with van der Waals surface area (Å²) in [5, 5.41) is 20.1. The molecule has 0 bridgehead atoms. The third kappa shape index (κ3) is 3.17. The first-order valence-corrected chi connectivity index (χ1v) is 6.34. The first kappa shape index (κ1) is 15.4. The summed E-state index contributed by atoms with van der Waals surface area (Å²) in [5.41, 5.74) is 0.431. The third-order valence-corrected chi connectivity index (χ3v) is 2.93. The van der Waals surface area contributed by atoms with E-state index in [0.29, 0.717) is 10.8 Å². The average molecular weight is 302 g/mol. The minimum Gasteiger partial charge on any atom is -0.504 e. The number of phenolic OH excluding ortho intramolecular Hbond substituents is 2. The number of fused-ring (bicyclic) bond motifs is 1. The van der Waals surface area contributed by atoms with Crippen molar-refractivity contribution < 1.29 is 29.3 Å². The summed E-state index contributed by atoms with van der Waals surface area (Å²) in [6.07, 6.45) is 0. The van der Waals surface area contributed by atoms with E-state index in [1.165, 1.54) is 31.2 Å². The number of carbonyl (C=O) groups excluding carboxylic acids is 2. The summed E-state index contributed by atoms with van der Waals surface area (Å²) in [6.45, 7) is 4.37. The molecule has 0 fully saturated rings. The molecule has 0 unspecified atom stereocenters. The van der Waals surface area contributed by atoms with E-state index in [2.05, 4.69) is 11.3 Å². The molecule has 2 aromatic carbocycles. The van der Waals surface area contributed by atoms with Crippen molar-refractivity contribution in [2.75, 3.05) is 6.79 Å². The highest BCUT2D eigenvalue weighted by Gasteiger charge is 2.12. The van der Waals surface area contributed by atoms with Crippen LogP contribution >= 0.6 is 0 Å². The van der Waals surface area contributed by atoms with E-state index in [9.17, 15) is 19.8 Å². The number of phenols is 2. The molecule has 0 aromatic heterocycles. The van der Waals surface area contributed by atoms with E-state index < -0.39 is 18.7 Å². The number of hydrogen-bond donors (Lipinski definition) is 2. The van der Waals surface area contributed by atoms with Gasteiger partial charge in [-0.3, -0.25) is 0 Å². The Kier molecular flexibility index (Phi) is 4.31. The van der Waals surface area contributed by atoms with Crippen molar-refractivity contribution in [2.24, 2.45) is 0 Å². The first-order valence-electron chi connectivity index (χ1n) is 6.34. The lowest BCUT2D eigenvalue weighted by atomic mass is 10.1. The van der Waals surface area contributed by atoms with Crippen molar-refractivity contribution in [2.45, 2.75) is 6.92 Å². The smallest absolute Gasteiger partial charge is 0.341 e. The number of aromatic hydroxyl groups is 2. The molecular weight excluding hydrogens is 288 g/mol. The molecule has 0 aliphatic rings. The Morgan fingerprint density at radius 1 is 1.14 bits per heavy atom. The topological polar surface area (TPSA) is 93.1 Å². The normalized spacial score (nSPS) is 10.2. The van der Waals surface area contributed by atoms with Gasteiger partial charge in [0, 0.05) is 11.0 Å². The summed E-state index contributed by atoms with van der Waals surface area (Å²) < 4.78 is 9.48. The molecule has 0 atom stereocenters. The molecule has 6 nitrogen and oxygen atoms in total. The van der Waals surface area contributed by atoms with Gasteiger partial charge in [-0.25, -0.2) is 9.59 Å². The van der Waals surface area contributed by atoms with Crippen LogP contribution in [0.3, 0.4) is 0 Å². The minimum absolute atomic E-state index is 0.206. The molecule has 6 heteroatoms. The summed E-state index contributed by atoms with van der Waals surface area (Å²) in [4.78, 5) is 23.0. The van der Waals surface area contributed by atoms with Crippen molar-refractivity contribution in [1.29, 1.82) is 0 Å². The quantitative estimate of drug-likeness (QED) is 0.390. The van der Waals surface area contributed by atoms with Crippen molar-refractivity contribution in [1.82, 2.24) is 0 Å². The van der Waals surface area contributed by atoms with E-state index >= 15 is 0 Å². The summed E-state index contributed by atoms with van der Waals surface area (Å²) >= 11 is 0. The SMILES string of the molecule is C=C(C)C(=O)OCOC(=O)c1ccc2c(O)c(O)ccc2c1. The number of ether oxygens (including phenoxy) is 2. The van der Waals surface area contributed by atoms with Gasteiger partial charge >= 0.3 is 11.9 Å². The van der Waals surface area contributed by atoms with Gasteiger partial charge in [-0.2, -0.15) is 0 Å². The fourth-order valence-corrected chi connectivity index (χ4v) is 1.77. The second-order valence-corrected chi connectivity index (χ2v) is 4.63. The van der Waals surface area contributed by atoms with Gasteiger partial charge in [0.2, 0.25) is 6.79 Å². The monoisotopic (exact) mass is 302 g/mol. The molecule has 0 saturated heterocycles. The number of benzene rings is 2. The van der Waals surface area contributed by atoms with Gasteiger partial charge in [0.15, 0.2) is 11.5 Å². The van der Waals surface area contributed by atoms with Crippen molar-refractivity contribution >= 4 is 22.7 Å². The highest BCUT2D eigenvalue weighted by Crippen LogP contribution is 2.33. The minimum atomic E-state index is -0.677. The van der Waals surface area contributed by atoms with Crippen LogP contribution in [-0.4, -0.2) is 28.9 Å². The Balaban J connectivity index is 2.11. The zero-order chi connectivity index (χ0) is 16.3. The molecule has 22 heavy (non-hydrogen) atoms. The molecule has 0 amide bonds. The van der Waals surface area contributed by atoms with E-state index in [1.54, 1.807) is 6.07 Å². The van der Waals surface area contributed by atoms with Crippen LogP contribution in [0.25, 0.3) is 10.8 Å². The van der Waals surface area contributed by atoms with Crippen LogP contribution in [0.4, 0.5) is 0 Å². The molecule has 0 aliphatic carbocycles. The van der Waals surface area contributed by atoms with Crippen LogP contribution < -0.4 is 0 Å². The van der Waals surface area contributed by atoms with Crippen LogP contribution in [0.1, 0.15) is 17.3 Å². The van der Waals surface area contributed by atoms with Crippen molar-refractivity contribution in [3.8, 4) is 11.5 Å². The molecular formula is C16H14O6. The van der Waals surface area contributed by atoms with E-state index in [-0.39, 0.29) is 22.6 Å². The number of carbonyl (C=O) groups is 2. The molecule has 0 aliphatic heterocycles. The molecule has 0 saturated carbocycles. The zero-order valence-corrected chi connectivity index (χ0v) is 11.8. The lowest BCUT2D eigenvalue weighted by Crippen LogP contribution is -2.13. The van der Waals surface area contributed by atoms with Gasteiger partial charge in [-0.1, -0.05) is 12.6 Å². The predicted molar refractivity (Wildman–Crippen MR) is 78.5 cm³/mol. The van der Waals surface area contributed by atoms with Gasteiger partial charge in [-0.15, -0.1) is 0 Å². The number of hydrogen-bond acceptors (Lipinski definition) is 6. The molecule has 2 N–H and O–H groups in total. The molecule has 0 heterocycles. The third-order valence-electron chi connectivity index (χ3n) is 2.93. The Hall–Kier alpha value is -3.02. The van der Waals surface area contributed by atoms with Gasteiger partial charge in [0.05, 0.1) is 5.56 Å². The fraction of sp³-hybridized carbons (Fsp3) is 0.125. The second-order valence-electron chi connectivity index (χ2n) is 4.63. The van der Waals surface area contributed by atoms with Gasteiger partial charge < -0.3 is 19.7 Å². The van der Waals surface area contributed by atoms with Crippen LogP contribution in [-0.2, 0) is 14.3 Å². The standard InChI is InChI=1S/C16H14O6/c1-9(2)15(19)21-8-22-16(20)11-3-5-12-10(7-11)4-6-13(17)14(12)18/h3-7,17-18H,1,8H2,2H3. The summed E-state index contributed by atoms with van der Waals surface area (Å²) in [5.74, 6) is -1.82. The molecule has 2 rings (SSSR count).